The lowest BCUT2D eigenvalue weighted by molar-refractivity contribution is -0.0306. The third kappa shape index (κ3) is 11.5. The third-order valence-corrected chi connectivity index (χ3v) is 5.31. The summed E-state index contributed by atoms with van der Waals surface area (Å²) in [7, 11) is 0. The Morgan fingerprint density at radius 3 is 2.23 bits per heavy atom. The van der Waals surface area contributed by atoms with E-state index >= 15 is 0 Å². The topological polar surface area (TPSA) is 36.3 Å². The lowest BCUT2D eigenvalue weighted by atomic mass is 10.1. The first kappa shape index (κ1) is 24.5. The van der Waals surface area contributed by atoms with Gasteiger partial charge in [-0.2, -0.15) is 0 Å². The van der Waals surface area contributed by atoms with Gasteiger partial charge in [0.25, 0.3) is 0 Å². The molecule has 0 amide bonds. The zero-order valence-corrected chi connectivity index (χ0v) is 18.6. The molecule has 1 aromatic heterocycles. The first-order valence-corrected chi connectivity index (χ1v) is 11.7. The SMILES string of the molecule is CCCCCCCCCCCCOC(COCc1ccc(F)cc1)Cn1ccnc1. The van der Waals surface area contributed by atoms with Crippen LogP contribution in [0.1, 0.15) is 76.7 Å². The summed E-state index contributed by atoms with van der Waals surface area (Å²) in [5, 5.41) is 0. The van der Waals surface area contributed by atoms with Crippen molar-refractivity contribution in [1.29, 1.82) is 0 Å². The Bertz CT molecular complexity index is 631. The van der Waals surface area contributed by atoms with Crippen molar-refractivity contribution in [3.8, 4) is 0 Å². The van der Waals surface area contributed by atoms with Crippen LogP contribution in [0.3, 0.4) is 0 Å². The van der Waals surface area contributed by atoms with Crippen molar-refractivity contribution in [1.82, 2.24) is 9.55 Å². The molecule has 168 valence electrons. The fourth-order valence-corrected chi connectivity index (χ4v) is 3.51. The first-order chi connectivity index (χ1) is 14.8. The predicted molar refractivity (Wildman–Crippen MR) is 120 cm³/mol. The van der Waals surface area contributed by atoms with Crippen molar-refractivity contribution in [2.24, 2.45) is 0 Å². The fourth-order valence-electron chi connectivity index (χ4n) is 3.51. The van der Waals surface area contributed by atoms with Gasteiger partial charge in [-0.15, -0.1) is 0 Å². The Balaban J connectivity index is 1.58. The smallest absolute Gasteiger partial charge is 0.123 e. The summed E-state index contributed by atoms with van der Waals surface area (Å²) in [4.78, 5) is 4.10. The molecule has 0 bridgehead atoms. The number of nitrogens with zero attached hydrogens (tertiary/aromatic N) is 2. The number of hydrogen-bond donors (Lipinski definition) is 0. The van der Waals surface area contributed by atoms with Crippen molar-refractivity contribution in [3.63, 3.8) is 0 Å². The van der Waals surface area contributed by atoms with E-state index in [1.165, 1.54) is 69.9 Å². The minimum Gasteiger partial charge on any atom is -0.374 e. The largest absolute Gasteiger partial charge is 0.374 e. The second kappa shape index (κ2) is 16.0. The van der Waals surface area contributed by atoms with Crippen molar-refractivity contribution in [2.45, 2.75) is 90.4 Å². The molecule has 5 heteroatoms. The highest BCUT2D eigenvalue weighted by atomic mass is 19.1. The Morgan fingerprint density at radius 2 is 1.60 bits per heavy atom. The van der Waals surface area contributed by atoms with Gasteiger partial charge in [-0.1, -0.05) is 76.8 Å². The Labute approximate surface area is 181 Å². The quantitative estimate of drug-likeness (QED) is 0.258. The zero-order valence-electron chi connectivity index (χ0n) is 18.6. The van der Waals surface area contributed by atoms with E-state index in [4.69, 9.17) is 9.47 Å². The summed E-state index contributed by atoms with van der Waals surface area (Å²) in [6.45, 7) is 4.71. The van der Waals surface area contributed by atoms with Crippen LogP contribution in [-0.4, -0.2) is 28.9 Å². The molecule has 1 atom stereocenters. The van der Waals surface area contributed by atoms with E-state index in [1.807, 2.05) is 10.8 Å². The summed E-state index contributed by atoms with van der Waals surface area (Å²) < 4.78 is 27.0. The molecule has 1 unspecified atom stereocenters. The van der Waals surface area contributed by atoms with Crippen molar-refractivity contribution >= 4 is 0 Å². The van der Waals surface area contributed by atoms with E-state index in [0.29, 0.717) is 13.2 Å². The average Bonchev–Trinajstić information content (AvgIpc) is 3.26. The molecule has 1 aromatic carbocycles. The molecule has 1 heterocycles. The molecule has 0 spiro atoms. The van der Waals surface area contributed by atoms with Gasteiger partial charge < -0.3 is 14.0 Å². The van der Waals surface area contributed by atoms with E-state index in [2.05, 4.69) is 11.9 Å². The van der Waals surface area contributed by atoms with Gasteiger partial charge in [-0.3, -0.25) is 0 Å². The lowest BCUT2D eigenvalue weighted by Gasteiger charge is -2.19. The Morgan fingerprint density at radius 1 is 0.933 bits per heavy atom. The molecule has 30 heavy (non-hydrogen) atoms. The van der Waals surface area contributed by atoms with E-state index in [-0.39, 0.29) is 11.9 Å². The average molecular weight is 419 g/mol. The van der Waals surface area contributed by atoms with Crippen LogP contribution in [0.5, 0.6) is 0 Å². The van der Waals surface area contributed by atoms with Gasteiger partial charge >= 0.3 is 0 Å². The van der Waals surface area contributed by atoms with Crippen molar-refractivity contribution < 1.29 is 13.9 Å². The second-order valence-corrected chi connectivity index (χ2v) is 8.08. The number of halogens is 1. The zero-order chi connectivity index (χ0) is 21.3. The Kier molecular flexibility index (Phi) is 13.1. The summed E-state index contributed by atoms with van der Waals surface area (Å²) in [5.41, 5.74) is 0.965. The minimum atomic E-state index is -0.225. The van der Waals surface area contributed by atoms with Gasteiger partial charge in [-0.05, 0) is 24.1 Å². The van der Waals surface area contributed by atoms with E-state index < -0.39 is 0 Å². The lowest BCUT2D eigenvalue weighted by Crippen LogP contribution is -2.25. The number of benzene rings is 1. The predicted octanol–water partition coefficient (Wildman–Crippen LogP) is 6.55. The third-order valence-electron chi connectivity index (χ3n) is 5.31. The van der Waals surface area contributed by atoms with Crippen LogP contribution in [0.2, 0.25) is 0 Å². The molecule has 2 aromatic rings. The van der Waals surface area contributed by atoms with Gasteiger partial charge in [0, 0.05) is 19.0 Å². The van der Waals surface area contributed by atoms with E-state index in [9.17, 15) is 4.39 Å². The van der Waals surface area contributed by atoms with Gasteiger partial charge in [0.15, 0.2) is 0 Å². The van der Waals surface area contributed by atoms with Gasteiger partial charge in [0.2, 0.25) is 0 Å². The fraction of sp³-hybridized carbons (Fsp3) is 0.640. The van der Waals surface area contributed by atoms with Crippen molar-refractivity contribution in [3.05, 3.63) is 54.4 Å². The highest BCUT2D eigenvalue weighted by molar-refractivity contribution is 5.14. The van der Waals surface area contributed by atoms with Crippen LogP contribution in [0.4, 0.5) is 4.39 Å². The molecule has 0 aliphatic carbocycles. The van der Waals surface area contributed by atoms with Crippen LogP contribution in [-0.2, 0) is 22.6 Å². The maximum atomic E-state index is 13.0. The molecule has 4 nitrogen and oxygen atoms in total. The number of aromatic nitrogens is 2. The molecule has 2 rings (SSSR count). The molecular weight excluding hydrogens is 379 g/mol. The van der Waals surface area contributed by atoms with Crippen LogP contribution in [0.25, 0.3) is 0 Å². The molecule has 0 aliphatic heterocycles. The number of ether oxygens (including phenoxy) is 2. The number of rotatable bonds is 18. The maximum absolute atomic E-state index is 13.0. The molecule has 0 saturated carbocycles. The highest BCUT2D eigenvalue weighted by Crippen LogP contribution is 2.11. The number of imidazole rings is 1. The molecule has 0 N–H and O–H groups in total. The first-order valence-electron chi connectivity index (χ1n) is 11.7. The summed E-state index contributed by atoms with van der Waals surface area (Å²) >= 11 is 0. The van der Waals surface area contributed by atoms with Crippen LogP contribution in [0.15, 0.2) is 43.0 Å². The normalized spacial score (nSPS) is 12.3. The van der Waals surface area contributed by atoms with Crippen LogP contribution in [0, 0.1) is 5.82 Å². The molecular formula is C25H39FN2O2. The maximum Gasteiger partial charge on any atom is 0.123 e. The van der Waals surface area contributed by atoms with E-state index in [1.54, 1.807) is 24.7 Å². The van der Waals surface area contributed by atoms with Crippen LogP contribution < -0.4 is 0 Å². The van der Waals surface area contributed by atoms with Gasteiger partial charge in [-0.25, -0.2) is 9.37 Å². The highest BCUT2D eigenvalue weighted by Gasteiger charge is 2.11. The second-order valence-electron chi connectivity index (χ2n) is 8.08. The summed E-state index contributed by atoms with van der Waals surface area (Å²) in [5.74, 6) is -0.225. The van der Waals surface area contributed by atoms with Gasteiger partial charge in [0.1, 0.15) is 5.82 Å². The minimum absolute atomic E-state index is 0.0155. The summed E-state index contributed by atoms with van der Waals surface area (Å²) in [6, 6.07) is 6.43. The van der Waals surface area contributed by atoms with E-state index in [0.717, 1.165) is 25.1 Å². The number of unbranched alkanes of at least 4 members (excludes halogenated alkanes) is 9. The number of hydrogen-bond acceptors (Lipinski definition) is 3. The Hall–Kier alpha value is -1.72. The molecule has 0 radical (unpaired) electrons. The monoisotopic (exact) mass is 418 g/mol. The molecule has 0 saturated heterocycles. The van der Waals surface area contributed by atoms with Crippen LogP contribution >= 0.6 is 0 Å². The molecule has 0 aliphatic rings. The molecule has 0 fully saturated rings. The van der Waals surface area contributed by atoms with Gasteiger partial charge in [0.05, 0.1) is 32.2 Å². The van der Waals surface area contributed by atoms with Crippen molar-refractivity contribution in [2.75, 3.05) is 13.2 Å². The summed E-state index contributed by atoms with van der Waals surface area (Å²) in [6.07, 6.45) is 18.7. The standard InChI is InChI=1S/C25H39FN2O2/c1-2-3-4-5-6-7-8-9-10-11-18-30-25(19-28-17-16-27-22-28)21-29-20-23-12-14-24(26)15-13-23/h12-17,22,25H,2-11,18-21H2,1H3.